The summed E-state index contributed by atoms with van der Waals surface area (Å²) in [4.78, 5) is 22.6. The number of aryl methyl sites for hydroxylation is 1. The standard InChI is InChI=1S/C15H19NO4S/c1-11-2-4-12(5-3-11)16-13(17)9-21(20)10-15(6-7-15)8-14(18)19/h2-5H,6-10H2,1H3,(H,16,17)(H,18,19). The Labute approximate surface area is 126 Å². The van der Waals surface area contributed by atoms with Crippen LogP contribution in [0.2, 0.25) is 0 Å². The smallest absolute Gasteiger partial charge is 0.303 e. The van der Waals surface area contributed by atoms with Gasteiger partial charge in [0.25, 0.3) is 0 Å². The van der Waals surface area contributed by atoms with Gasteiger partial charge in [-0.15, -0.1) is 0 Å². The molecule has 2 N–H and O–H groups in total. The zero-order valence-corrected chi connectivity index (χ0v) is 12.7. The molecule has 1 aliphatic rings. The van der Waals surface area contributed by atoms with Crippen LogP contribution in [0.5, 0.6) is 0 Å². The van der Waals surface area contributed by atoms with Gasteiger partial charge in [0.15, 0.2) is 0 Å². The molecule has 1 aromatic rings. The number of carbonyl (C=O) groups is 2. The van der Waals surface area contributed by atoms with E-state index in [1.165, 1.54) is 0 Å². The summed E-state index contributed by atoms with van der Waals surface area (Å²) in [6.07, 6.45) is 1.60. The maximum absolute atomic E-state index is 12.0. The molecule has 1 amide bonds. The van der Waals surface area contributed by atoms with E-state index in [0.717, 1.165) is 18.4 Å². The molecule has 0 radical (unpaired) electrons. The number of carboxylic acids is 1. The molecular weight excluding hydrogens is 290 g/mol. The van der Waals surface area contributed by atoms with Crippen LogP contribution in [-0.2, 0) is 20.4 Å². The fourth-order valence-electron chi connectivity index (χ4n) is 2.24. The van der Waals surface area contributed by atoms with E-state index < -0.39 is 16.8 Å². The van der Waals surface area contributed by atoms with E-state index in [1.807, 2.05) is 19.1 Å². The van der Waals surface area contributed by atoms with Crippen LogP contribution in [0, 0.1) is 12.3 Å². The van der Waals surface area contributed by atoms with Crippen LogP contribution in [0.15, 0.2) is 24.3 Å². The molecule has 0 aromatic heterocycles. The molecule has 21 heavy (non-hydrogen) atoms. The van der Waals surface area contributed by atoms with Gasteiger partial charge in [0.2, 0.25) is 5.91 Å². The largest absolute Gasteiger partial charge is 0.481 e. The van der Waals surface area contributed by atoms with E-state index in [2.05, 4.69) is 5.32 Å². The molecule has 1 fully saturated rings. The predicted octanol–water partition coefficient (Wildman–Crippen LogP) is 1.94. The molecular formula is C15H19NO4S. The van der Waals surface area contributed by atoms with Crippen LogP contribution in [0.25, 0.3) is 0 Å². The lowest BCUT2D eigenvalue weighted by molar-refractivity contribution is -0.138. The maximum Gasteiger partial charge on any atom is 0.303 e. The number of rotatable bonds is 7. The zero-order chi connectivity index (χ0) is 15.5. The summed E-state index contributed by atoms with van der Waals surface area (Å²) >= 11 is 0. The Kier molecular flexibility index (Phi) is 4.77. The van der Waals surface area contributed by atoms with Gasteiger partial charge in [-0.2, -0.15) is 0 Å². The van der Waals surface area contributed by atoms with Crippen molar-refractivity contribution in [3.8, 4) is 0 Å². The maximum atomic E-state index is 12.0. The average molecular weight is 309 g/mol. The van der Waals surface area contributed by atoms with Crippen LogP contribution in [0.1, 0.15) is 24.8 Å². The number of benzene rings is 1. The van der Waals surface area contributed by atoms with Gasteiger partial charge in [0, 0.05) is 22.2 Å². The molecule has 114 valence electrons. The third-order valence-electron chi connectivity index (χ3n) is 3.58. The molecule has 6 heteroatoms. The van der Waals surface area contributed by atoms with Gasteiger partial charge in [-0.05, 0) is 37.3 Å². The fraction of sp³-hybridized carbons (Fsp3) is 0.467. The Morgan fingerprint density at radius 1 is 1.29 bits per heavy atom. The number of carboxylic acid groups (broad SMARTS) is 1. The van der Waals surface area contributed by atoms with E-state index in [0.29, 0.717) is 11.4 Å². The Balaban J connectivity index is 1.81. The Bertz CT molecular complexity index is 564. The van der Waals surface area contributed by atoms with Gasteiger partial charge >= 0.3 is 5.97 Å². The van der Waals surface area contributed by atoms with Crippen molar-refractivity contribution in [2.45, 2.75) is 26.2 Å². The van der Waals surface area contributed by atoms with Gasteiger partial charge in [0.05, 0.1) is 6.42 Å². The lowest BCUT2D eigenvalue weighted by atomic mass is 10.1. The van der Waals surface area contributed by atoms with Crippen molar-refractivity contribution in [1.29, 1.82) is 0 Å². The predicted molar refractivity (Wildman–Crippen MR) is 81.6 cm³/mol. The highest BCUT2D eigenvalue weighted by molar-refractivity contribution is 7.85. The molecule has 1 unspecified atom stereocenters. The summed E-state index contributed by atoms with van der Waals surface area (Å²) < 4.78 is 12.0. The molecule has 0 spiro atoms. The van der Waals surface area contributed by atoms with E-state index >= 15 is 0 Å². The molecule has 2 rings (SSSR count). The van der Waals surface area contributed by atoms with Crippen LogP contribution in [-0.4, -0.2) is 32.7 Å². The van der Waals surface area contributed by atoms with Crippen molar-refractivity contribution in [2.24, 2.45) is 5.41 Å². The average Bonchev–Trinajstić information content (AvgIpc) is 3.10. The van der Waals surface area contributed by atoms with Gasteiger partial charge in [-0.25, -0.2) is 0 Å². The van der Waals surface area contributed by atoms with Crippen molar-refractivity contribution < 1.29 is 18.9 Å². The quantitative estimate of drug-likeness (QED) is 0.806. The number of amides is 1. The second-order valence-electron chi connectivity index (χ2n) is 5.71. The highest BCUT2D eigenvalue weighted by atomic mass is 32.2. The first-order chi connectivity index (χ1) is 9.88. The molecule has 0 saturated heterocycles. The number of nitrogens with one attached hydrogen (secondary N) is 1. The molecule has 0 aliphatic heterocycles. The molecule has 0 heterocycles. The third kappa shape index (κ3) is 4.97. The molecule has 1 saturated carbocycles. The lowest BCUT2D eigenvalue weighted by Gasteiger charge is -2.12. The molecule has 1 aliphatic carbocycles. The third-order valence-corrected chi connectivity index (χ3v) is 5.10. The minimum atomic E-state index is -1.33. The van der Waals surface area contributed by atoms with Crippen LogP contribution in [0.4, 0.5) is 5.69 Å². The Morgan fingerprint density at radius 3 is 2.43 bits per heavy atom. The first-order valence-corrected chi connectivity index (χ1v) is 8.31. The van der Waals surface area contributed by atoms with Gasteiger partial charge in [-0.1, -0.05) is 17.7 Å². The first-order valence-electron chi connectivity index (χ1n) is 6.82. The number of anilines is 1. The van der Waals surface area contributed by atoms with E-state index in [-0.39, 0.29) is 23.5 Å². The lowest BCUT2D eigenvalue weighted by Crippen LogP contribution is -2.25. The van der Waals surface area contributed by atoms with Crippen molar-refractivity contribution in [3.05, 3.63) is 29.8 Å². The normalized spacial score (nSPS) is 17.0. The van der Waals surface area contributed by atoms with Crippen molar-refractivity contribution in [1.82, 2.24) is 0 Å². The van der Waals surface area contributed by atoms with E-state index in [9.17, 15) is 13.8 Å². The summed E-state index contributed by atoms with van der Waals surface area (Å²) in [7, 11) is -1.33. The number of carbonyl (C=O) groups excluding carboxylic acids is 1. The molecule has 0 bridgehead atoms. The van der Waals surface area contributed by atoms with Crippen molar-refractivity contribution in [2.75, 3.05) is 16.8 Å². The molecule has 5 nitrogen and oxygen atoms in total. The van der Waals surface area contributed by atoms with Gasteiger partial charge < -0.3 is 10.4 Å². The summed E-state index contributed by atoms with van der Waals surface area (Å²) in [5, 5.41) is 11.5. The second kappa shape index (κ2) is 6.39. The van der Waals surface area contributed by atoms with Crippen LogP contribution in [0.3, 0.4) is 0 Å². The number of aliphatic carboxylic acids is 1. The fourth-order valence-corrected chi connectivity index (χ4v) is 3.78. The second-order valence-corrected chi connectivity index (χ2v) is 7.17. The molecule has 1 aromatic carbocycles. The zero-order valence-electron chi connectivity index (χ0n) is 11.9. The summed E-state index contributed by atoms with van der Waals surface area (Å²) in [6, 6.07) is 7.36. The van der Waals surface area contributed by atoms with Gasteiger partial charge in [0.1, 0.15) is 5.75 Å². The highest BCUT2D eigenvalue weighted by Gasteiger charge is 2.45. The van der Waals surface area contributed by atoms with Crippen LogP contribution >= 0.6 is 0 Å². The topological polar surface area (TPSA) is 83.5 Å². The number of hydrogen-bond acceptors (Lipinski definition) is 3. The first kappa shape index (κ1) is 15.7. The monoisotopic (exact) mass is 309 g/mol. The Morgan fingerprint density at radius 2 is 1.90 bits per heavy atom. The SMILES string of the molecule is Cc1ccc(NC(=O)CS(=O)CC2(CC(=O)O)CC2)cc1. The van der Waals surface area contributed by atoms with Gasteiger partial charge in [-0.3, -0.25) is 13.8 Å². The van der Waals surface area contributed by atoms with Crippen molar-refractivity contribution >= 4 is 28.4 Å². The molecule has 1 atom stereocenters. The number of hydrogen-bond donors (Lipinski definition) is 2. The summed E-state index contributed by atoms with van der Waals surface area (Å²) in [5.41, 5.74) is 1.43. The van der Waals surface area contributed by atoms with Crippen molar-refractivity contribution in [3.63, 3.8) is 0 Å². The summed E-state index contributed by atoms with van der Waals surface area (Å²) in [6.45, 7) is 1.96. The van der Waals surface area contributed by atoms with E-state index in [1.54, 1.807) is 12.1 Å². The van der Waals surface area contributed by atoms with Crippen LogP contribution < -0.4 is 5.32 Å². The minimum Gasteiger partial charge on any atom is -0.481 e. The minimum absolute atomic E-state index is 0.0400. The van der Waals surface area contributed by atoms with E-state index in [4.69, 9.17) is 5.11 Å². The Hall–Kier alpha value is -1.69. The highest BCUT2D eigenvalue weighted by Crippen LogP contribution is 2.49. The summed E-state index contributed by atoms with van der Waals surface area (Å²) in [5.74, 6) is -0.965.